The predicted octanol–water partition coefficient (Wildman–Crippen LogP) is 2.04. The van der Waals surface area contributed by atoms with Crippen LogP contribution in [0.15, 0.2) is 36.4 Å². The molecule has 0 spiro atoms. The van der Waals surface area contributed by atoms with Gasteiger partial charge in [0.25, 0.3) is 0 Å². The van der Waals surface area contributed by atoms with Gasteiger partial charge in [0.05, 0.1) is 7.11 Å². The molecule has 1 rings (SSSR count). The number of carbonyl (C=O) groups excluding carboxylic acids is 1. The van der Waals surface area contributed by atoms with E-state index in [1.807, 2.05) is 0 Å². The monoisotopic (exact) mass is 259 g/mol. The predicted molar refractivity (Wildman–Crippen MR) is 69.4 cm³/mol. The number of nitriles is 1. The Kier molecular flexibility index (Phi) is 5.17. The number of nitrogens with zero attached hydrogens (tertiary/aromatic N) is 1. The van der Waals surface area contributed by atoms with Gasteiger partial charge in [0.1, 0.15) is 18.2 Å². The van der Waals surface area contributed by atoms with Gasteiger partial charge in [0, 0.05) is 0 Å². The fourth-order valence-electron chi connectivity index (χ4n) is 1.31. The lowest BCUT2D eigenvalue weighted by Gasteiger charge is -2.04. The van der Waals surface area contributed by atoms with Crippen molar-refractivity contribution < 1.29 is 19.4 Å². The lowest BCUT2D eigenvalue weighted by Crippen LogP contribution is -2.06. The first-order valence-corrected chi connectivity index (χ1v) is 5.39. The quantitative estimate of drug-likeness (QED) is 0.379. The van der Waals surface area contributed by atoms with Crippen LogP contribution in [0.2, 0.25) is 0 Å². The Balaban J connectivity index is 2.98. The van der Waals surface area contributed by atoms with Crippen molar-refractivity contribution in [2.24, 2.45) is 0 Å². The summed E-state index contributed by atoms with van der Waals surface area (Å²) in [7, 11) is 1.43. The summed E-state index contributed by atoms with van der Waals surface area (Å²) in [6, 6.07) is 6.27. The van der Waals surface area contributed by atoms with E-state index >= 15 is 0 Å². The summed E-state index contributed by atoms with van der Waals surface area (Å²) < 4.78 is 9.65. The third-order valence-corrected chi connectivity index (χ3v) is 2.19. The van der Waals surface area contributed by atoms with Gasteiger partial charge in [-0.15, -0.1) is 0 Å². The molecule has 0 unspecified atom stereocenters. The highest BCUT2D eigenvalue weighted by atomic mass is 16.5. The van der Waals surface area contributed by atoms with Crippen molar-refractivity contribution in [3.8, 4) is 17.6 Å². The minimum atomic E-state index is -0.738. The van der Waals surface area contributed by atoms with Crippen LogP contribution >= 0.6 is 0 Å². The van der Waals surface area contributed by atoms with Gasteiger partial charge in [-0.1, -0.05) is 18.7 Å². The Hall–Kier alpha value is -2.74. The Labute approximate surface area is 111 Å². The van der Waals surface area contributed by atoms with Crippen LogP contribution in [0.1, 0.15) is 5.56 Å². The first-order valence-electron chi connectivity index (χ1n) is 5.39. The van der Waals surface area contributed by atoms with Crippen LogP contribution in [0.3, 0.4) is 0 Å². The highest BCUT2D eigenvalue weighted by molar-refractivity contribution is 5.98. The molecule has 0 amide bonds. The molecule has 0 aromatic heterocycles. The van der Waals surface area contributed by atoms with E-state index in [-0.39, 0.29) is 17.9 Å². The molecule has 1 aromatic rings. The summed E-state index contributed by atoms with van der Waals surface area (Å²) in [5.74, 6) is -0.504. The summed E-state index contributed by atoms with van der Waals surface area (Å²) in [5.41, 5.74) is 0.330. The van der Waals surface area contributed by atoms with Gasteiger partial charge in [0.15, 0.2) is 11.5 Å². The number of hydrogen-bond donors (Lipinski definition) is 1. The highest BCUT2D eigenvalue weighted by Gasteiger charge is 2.10. The van der Waals surface area contributed by atoms with E-state index in [2.05, 4.69) is 6.58 Å². The van der Waals surface area contributed by atoms with Crippen molar-refractivity contribution >= 4 is 12.0 Å². The smallest absolute Gasteiger partial charge is 0.349 e. The number of carbonyl (C=O) groups is 1. The molecule has 1 aromatic carbocycles. The normalized spacial score (nSPS) is 10.4. The molecule has 0 bridgehead atoms. The summed E-state index contributed by atoms with van der Waals surface area (Å²) in [6.07, 6.45) is 2.73. The topological polar surface area (TPSA) is 79.6 Å². The zero-order valence-electron chi connectivity index (χ0n) is 10.4. The van der Waals surface area contributed by atoms with E-state index in [9.17, 15) is 9.90 Å². The molecular formula is C14H13NO4. The molecule has 0 aliphatic heterocycles. The molecule has 19 heavy (non-hydrogen) atoms. The van der Waals surface area contributed by atoms with Crippen LogP contribution in [0.25, 0.3) is 6.08 Å². The SMILES string of the molecule is C=CCOC(=O)/C(C#N)=C\c1ccc(OC)c(O)c1. The molecule has 0 saturated carbocycles. The van der Waals surface area contributed by atoms with Crippen LogP contribution in [0.5, 0.6) is 11.5 Å². The zero-order chi connectivity index (χ0) is 14.3. The average molecular weight is 259 g/mol. The fourth-order valence-corrected chi connectivity index (χ4v) is 1.31. The van der Waals surface area contributed by atoms with Gasteiger partial charge < -0.3 is 14.6 Å². The first-order chi connectivity index (χ1) is 9.12. The number of esters is 1. The highest BCUT2D eigenvalue weighted by Crippen LogP contribution is 2.27. The number of phenols is 1. The van der Waals surface area contributed by atoms with Crippen molar-refractivity contribution in [2.45, 2.75) is 0 Å². The van der Waals surface area contributed by atoms with E-state index in [0.717, 1.165) is 0 Å². The molecule has 98 valence electrons. The standard InChI is InChI=1S/C14H13NO4/c1-3-6-19-14(17)11(9-15)7-10-4-5-13(18-2)12(16)8-10/h3-5,7-8,16H,1,6H2,2H3/b11-7-. The van der Waals surface area contributed by atoms with Crippen LogP contribution < -0.4 is 4.74 Å². The van der Waals surface area contributed by atoms with Gasteiger partial charge in [-0.3, -0.25) is 0 Å². The van der Waals surface area contributed by atoms with Crippen molar-refractivity contribution in [3.05, 3.63) is 42.0 Å². The maximum absolute atomic E-state index is 11.5. The fraction of sp³-hybridized carbons (Fsp3) is 0.143. The van der Waals surface area contributed by atoms with Crippen molar-refractivity contribution in [3.63, 3.8) is 0 Å². The van der Waals surface area contributed by atoms with E-state index in [1.165, 1.54) is 31.4 Å². The lowest BCUT2D eigenvalue weighted by molar-refractivity contribution is -0.137. The molecule has 0 aliphatic carbocycles. The number of rotatable bonds is 5. The van der Waals surface area contributed by atoms with Crippen LogP contribution in [-0.2, 0) is 9.53 Å². The lowest BCUT2D eigenvalue weighted by atomic mass is 10.1. The minimum absolute atomic E-state index is 0.0334. The van der Waals surface area contributed by atoms with Crippen molar-refractivity contribution in [1.29, 1.82) is 5.26 Å². The number of benzene rings is 1. The second-order valence-electron chi connectivity index (χ2n) is 3.49. The molecule has 0 saturated heterocycles. The second kappa shape index (κ2) is 6.87. The number of aromatic hydroxyl groups is 1. The van der Waals surface area contributed by atoms with Crippen molar-refractivity contribution in [1.82, 2.24) is 0 Å². The number of methoxy groups -OCH3 is 1. The number of hydrogen-bond acceptors (Lipinski definition) is 5. The third kappa shape index (κ3) is 3.89. The Morgan fingerprint density at radius 1 is 1.58 bits per heavy atom. The Morgan fingerprint density at radius 3 is 2.84 bits per heavy atom. The van der Waals surface area contributed by atoms with E-state index in [0.29, 0.717) is 11.3 Å². The van der Waals surface area contributed by atoms with Crippen LogP contribution in [-0.4, -0.2) is 24.8 Å². The molecule has 1 N–H and O–H groups in total. The average Bonchev–Trinajstić information content (AvgIpc) is 2.42. The Bertz CT molecular complexity index is 555. The molecule has 0 radical (unpaired) electrons. The number of phenolic OH excluding ortho intramolecular Hbond substituents is 1. The maximum Gasteiger partial charge on any atom is 0.349 e. The third-order valence-electron chi connectivity index (χ3n) is 2.19. The molecule has 0 fully saturated rings. The van der Waals surface area contributed by atoms with Crippen LogP contribution in [0.4, 0.5) is 0 Å². The van der Waals surface area contributed by atoms with Gasteiger partial charge in [-0.05, 0) is 23.8 Å². The van der Waals surface area contributed by atoms with Gasteiger partial charge >= 0.3 is 5.97 Å². The molecular weight excluding hydrogens is 246 g/mol. The largest absolute Gasteiger partial charge is 0.504 e. The van der Waals surface area contributed by atoms with Gasteiger partial charge in [0.2, 0.25) is 0 Å². The molecule has 5 nitrogen and oxygen atoms in total. The minimum Gasteiger partial charge on any atom is -0.504 e. The summed E-state index contributed by atoms with van der Waals surface area (Å²) >= 11 is 0. The van der Waals surface area contributed by atoms with E-state index in [1.54, 1.807) is 12.1 Å². The summed E-state index contributed by atoms with van der Waals surface area (Å²) in [6.45, 7) is 3.44. The zero-order valence-corrected chi connectivity index (χ0v) is 10.4. The van der Waals surface area contributed by atoms with Crippen LogP contribution in [0, 0.1) is 11.3 Å². The maximum atomic E-state index is 11.5. The summed E-state index contributed by atoms with van der Waals surface area (Å²) in [4.78, 5) is 11.5. The van der Waals surface area contributed by atoms with Gasteiger partial charge in [-0.25, -0.2) is 4.79 Å². The van der Waals surface area contributed by atoms with E-state index in [4.69, 9.17) is 14.7 Å². The van der Waals surface area contributed by atoms with E-state index < -0.39 is 5.97 Å². The molecule has 0 heterocycles. The number of ether oxygens (including phenoxy) is 2. The molecule has 0 aliphatic rings. The first kappa shape index (κ1) is 14.3. The molecule has 0 atom stereocenters. The Morgan fingerprint density at radius 2 is 2.32 bits per heavy atom. The molecule has 5 heteroatoms. The second-order valence-corrected chi connectivity index (χ2v) is 3.49. The summed E-state index contributed by atoms with van der Waals surface area (Å²) in [5, 5.41) is 18.5. The van der Waals surface area contributed by atoms with Crippen molar-refractivity contribution in [2.75, 3.05) is 13.7 Å². The van der Waals surface area contributed by atoms with Gasteiger partial charge in [-0.2, -0.15) is 5.26 Å².